The summed E-state index contributed by atoms with van der Waals surface area (Å²) in [6, 6.07) is 11.8. The second-order valence-corrected chi connectivity index (χ2v) is 5.42. The zero-order valence-electron chi connectivity index (χ0n) is 10.8. The molecule has 106 valence electrons. The van der Waals surface area contributed by atoms with Gasteiger partial charge in [0, 0.05) is 5.02 Å². The SMILES string of the molecule is O=C1CN(C(=O)c2cc(Cl)ccc2Cl)c2ccccc2N1. The van der Waals surface area contributed by atoms with Gasteiger partial charge in [-0.1, -0.05) is 35.3 Å². The summed E-state index contributed by atoms with van der Waals surface area (Å²) >= 11 is 12.0. The zero-order valence-corrected chi connectivity index (χ0v) is 12.3. The number of rotatable bonds is 1. The molecule has 2 aromatic rings. The van der Waals surface area contributed by atoms with Crippen molar-refractivity contribution in [3.63, 3.8) is 0 Å². The molecule has 4 nitrogen and oxygen atoms in total. The van der Waals surface area contributed by atoms with E-state index in [1.165, 1.54) is 11.0 Å². The van der Waals surface area contributed by atoms with Crippen molar-refractivity contribution < 1.29 is 9.59 Å². The number of para-hydroxylation sites is 2. The Morgan fingerprint density at radius 3 is 2.71 bits per heavy atom. The highest BCUT2D eigenvalue weighted by atomic mass is 35.5. The van der Waals surface area contributed by atoms with Gasteiger partial charge in [-0.2, -0.15) is 0 Å². The molecule has 0 saturated carbocycles. The zero-order chi connectivity index (χ0) is 15.0. The fraction of sp³-hybridized carbons (Fsp3) is 0.0667. The summed E-state index contributed by atoms with van der Waals surface area (Å²) in [6.45, 7) is -0.0569. The second kappa shape index (κ2) is 5.39. The minimum Gasteiger partial charge on any atom is -0.323 e. The van der Waals surface area contributed by atoms with Crippen LogP contribution in [0.3, 0.4) is 0 Å². The number of carbonyl (C=O) groups is 2. The van der Waals surface area contributed by atoms with Crippen molar-refractivity contribution in [2.45, 2.75) is 0 Å². The number of nitrogens with zero attached hydrogens (tertiary/aromatic N) is 1. The minimum atomic E-state index is -0.357. The molecule has 0 atom stereocenters. The van der Waals surface area contributed by atoms with Crippen LogP contribution < -0.4 is 10.2 Å². The smallest absolute Gasteiger partial charge is 0.260 e. The van der Waals surface area contributed by atoms with Gasteiger partial charge in [-0.15, -0.1) is 0 Å². The van der Waals surface area contributed by atoms with Crippen LogP contribution in [0.2, 0.25) is 10.0 Å². The maximum Gasteiger partial charge on any atom is 0.260 e. The van der Waals surface area contributed by atoms with Crippen LogP contribution >= 0.6 is 23.2 Å². The van der Waals surface area contributed by atoms with Crippen LogP contribution in [-0.4, -0.2) is 18.4 Å². The maximum absolute atomic E-state index is 12.7. The first-order chi connectivity index (χ1) is 10.1. The van der Waals surface area contributed by atoms with Gasteiger partial charge in [-0.25, -0.2) is 0 Å². The fourth-order valence-corrected chi connectivity index (χ4v) is 2.59. The summed E-state index contributed by atoms with van der Waals surface area (Å²) in [5.41, 5.74) is 1.51. The van der Waals surface area contributed by atoms with Gasteiger partial charge in [0.15, 0.2) is 0 Å². The second-order valence-electron chi connectivity index (χ2n) is 4.58. The molecule has 1 N–H and O–H groups in total. The average molecular weight is 321 g/mol. The number of halogens is 2. The van der Waals surface area contributed by atoms with Gasteiger partial charge in [0.05, 0.1) is 22.0 Å². The number of benzene rings is 2. The fourth-order valence-electron chi connectivity index (χ4n) is 2.22. The van der Waals surface area contributed by atoms with Gasteiger partial charge in [-0.3, -0.25) is 14.5 Å². The summed E-state index contributed by atoms with van der Waals surface area (Å²) in [6.07, 6.45) is 0. The van der Waals surface area contributed by atoms with Crippen molar-refractivity contribution in [3.05, 3.63) is 58.1 Å². The molecule has 0 spiro atoms. The van der Waals surface area contributed by atoms with Gasteiger partial charge >= 0.3 is 0 Å². The van der Waals surface area contributed by atoms with E-state index in [0.29, 0.717) is 21.4 Å². The number of carbonyl (C=O) groups excluding carboxylic acids is 2. The lowest BCUT2D eigenvalue weighted by atomic mass is 10.1. The van der Waals surface area contributed by atoms with Gasteiger partial charge < -0.3 is 5.32 Å². The molecule has 0 radical (unpaired) electrons. The molecule has 1 heterocycles. The molecule has 0 aliphatic carbocycles. The minimum absolute atomic E-state index is 0.0569. The van der Waals surface area contributed by atoms with Crippen molar-refractivity contribution in [2.24, 2.45) is 0 Å². The molecule has 1 aliphatic heterocycles. The molecular weight excluding hydrogens is 311 g/mol. The van der Waals surface area contributed by atoms with Crippen LogP contribution in [0.1, 0.15) is 10.4 Å². The Labute approximate surface area is 131 Å². The van der Waals surface area contributed by atoms with E-state index in [-0.39, 0.29) is 23.9 Å². The molecule has 1 aliphatic rings. The highest BCUT2D eigenvalue weighted by Gasteiger charge is 2.28. The lowest BCUT2D eigenvalue weighted by Crippen LogP contribution is -2.42. The Morgan fingerprint density at radius 1 is 1.14 bits per heavy atom. The van der Waals surface area contributed by atoms with Gasteiger partial charge in [0.2, 0.25) is 5.91 Å². The molecule has 6 heteroatoms. The Bertz CT molecular complexity index is 746. The lowest BCUT2D eigenvalue weighted by Gasteiger charge is -2.29. The first-order valence-electron chi connectivity index (χ1n) is 6.22. The van der Waals surface area contributed by atoms with Crippen molar-refractivity contribution in [1.82, 2.24) is 0 Å². The summed E-state index contributed by atoms with van der Waals surface area (Å²) in [7, 11) is 0. The molecule has 0 saturated heterocycles. The van der Waals surface area contributed by atoms with Gasteiger partial charge in [0.1, 0.15) is 6.54 Å². The maximum atomic E-state index is 12.7. The average Bonchev–Trinajstić information content (AvgIpc) is 2.48. The van der Waals surface area contributed by atoms with Crippen molar-refractivity contribution in [3.8, 4) is 0 Å². The number of fused-ring (bicyclic) bond motifs is 1. The van der Waals surface area contributed by atoms with E-state index in [0.717, 1.165) is 0 Å². The topological polar surface area (TPSA) is 49.4 Å². The Morgan fingerprint density at radius 2 is 1.90 bits per heavy atom. The van der Waals surface area contributed by atoms with Crippen molar-refractivity contribution >= 4 is 46.4 Å². The monoisotopic (exact) mass is 320 g/mol. The van der Waals surface area contributed by atoms with Crippen molar-refractivity contribution in [2.75, 3.05) is 16.8 Å². The Hall–Kier alpha value is -2.04. The Kier molecular flexibility index (Phi) is 3.57. The van der Waals surface area contributed by atoms with E-state index in [1.54, 1.807) is 36.4 Å². The van der Waals surface area contributed by atoms with E-state index < -0.39 is 0 Å². The summed E-state index contributed by atoms with van der Waals surface area (Å²) < 4.78 is 0. The molecule has 0 aromatic heterocycles. The van der Waals surface area contributed by atoms with E-state index >= 15 is 0 Å². The summed E-state index contributed by atoms with van der Waals surface area (Å²) in [4.78, 5) is 25.8. The number of anilines is 2. The predicted molar refractivity (Wildman–Crippen MR) is 83.2 cm³/mol. The molecule has 2 amide bonds. The molecule has 0 fully saturated rings. The third-order valence-electron chi connectivity index (χ3n) is 3.17. The number of hydrogen-bond donors (Lipinski definition) is 1. The molecule has 0 bridgehead atoms. The van der Waals surface area contributed by atoms with Crippen LogP contribution in [0.4, 0.5) is 11.4 Å². The quantitative estimate of drug-likeness (QED) is 0.872. The first kappa shape index (κ1) is 13.9. The highest BCUT2D eigenvalue weighted by molar-refractivity contribution is 6.36. The van der Waals surface area contributed by atoms with Crippen LogP contribution in [0, 0.1) is 0 Å². The number of hydrogen-bond acceptors (Lipinski definition) is 2. The van der Waals surface area contributed by atoms with E-state index in [9.17, 15) is 9.59 Å². The lowest BCUT2D eigenvalue weighted by molar-refractivity contribution is -0.115. The Balaban J connectivity index is 2.06. The van der Waals surface area contributed by atoms with E-state index in [4.69, 9.17) is 23.2 Å². The molecule has 0 unspecified atom stereocenters. The summed E-state index contributed by atoms with van der Waals surface area (Å²) in [5, 5.41) is 3.44. The van der Waals surface area contributed by atoms with Gasteiger partial charge in [-0.05, 0) is 30.3 Å². The standard InChI is InChI=1S/C15H10Cl2N2O2/c16-9-5-6-11(17)10(7-9)15(21)19-8-14(20)18-12-3-1-2-4-13(12)19/h1-7H,8H2,(H,18,20). The largest absolute Gasteiger partial charge is 0.323 e. The van der Waals surface area contributed by atoms with Crippen LogP contribution in [0.25, 0.3) is 0 Å². The first-order valence-corrected chi connectivity index (χ1v) is 6.97. The van der Waals surface area contributed by atoms with Crippen molar-refractivity contribution in [1.29, 1.82) is 0 Å². The van der Waals surface area contributed by atoms with E-state index in [2.05, 4.69) is 5.32 Å². The normalized spacial score (nSPS) is 13.6. The summed E-state index contributed by atoms with van der Waals surface area (Å²) in [5.74, 6) is -0.606. The number of nitrogens with one attached hydrogen (secondary N) is 1. The third kappa shape index (κ3) is 2.60. The third-order valence-corrected chi connectivity index (χ3v) is 3.74. The molecular formula is C15H10Cl2N2O2. The predicted octanol–water partition coefficient (Wildman–Crippen LogP) is 3.59. The molecule has 3 rings (SSSR count). The van der Waals surface area contributed by atoms with E-state index in [1.807, 2.05) is 0 Å². The molecule has 2 aromatic carbocycles. The van der Waals surface area contributed by atoms with Gasteiger partial charge in [0.25, 0.3) is 5.91 Å². The van der Waals surface area contributed by atoms with Crippen LogP contribution in [0.15, 0.2) is 42.5 Å². The molecule has 21 heavy (non-hydrogen) atoms. The van der Waals surface area contributed by atoms with Crippen LogP contribution in [0.5, 0.6) is 0 Å². The van der Waals surface area contributed by atoms with Crippen LogP contribution in [-0.2, 0) is 4.79 Å². The number of amides is 2. The highest BCUT2D eigenvalue weighted by Crippen LogP contribution is 2.31.